The molecule has 0 aromatic heterocycles. The number of carboxylic acid groups (broad SMARTS) is 1. The number of nitrogens with one attached hydrogen (secondary N) is 1. The highest BCUT2D eigenvalue weighted by atomic mass is 16.5. The second kappa shape index (κ2) is 5.09. The Kier molecular flexibility index (Phi) is 3.45. The van der Waals surface area contributed by atoms with Gasteiger partial charge in [-0.3, -0.25) is 15.0 Å². The van der Waals surface area contributed by atoms with Gasteiger partial charge in [0, 0.05) is 13.1 Å². The van der Waals surface area contributed by atoms with Gasteiger partial charge in [-0.25, -0.2) is 5.01 Å². The average molecular weight is 268 g/mol. The monoisotopic (exact) mass is 268 g/mol. The summed E-state index contributed by atoms with van der Waals surface area (Å²) in [4.78, 5) is 23.7. The highest BCUT2D eigenvalue weighted by Gasteiger charge is 2.54. The van der Waals surface area contributed by atoms with Gasteiger partial charge in [-0.2, -0.15) is 0 Å². The van der Waals surface area contributed by atoms with Gasteiger partial charge in [0.2, 0.25) is 5.91 Å². The first kappa shape index (κ1) is 12.9. The summed E-state index contributed by atoms with van der Waals surface area (Å²) in [6, 6.07) is 0. The molecule has 0 spiro atoms. The summed E-state index contributed by atoms with van der Waals surface area (Å²) in [6.07, 6.45) is 2.86. The third-order valence-corrected chi connectivity index (χ3v) is 4.78. The third-order valence-electron chi connectivity index (χ3n) is 4.78. The molecule has 1 aliphatic heterocycles. The van der Waals surface area contributed by atoms with Gasteiger partial charge in [-0.1, -0.05) is 0 Å². The molecule has 1 saturated heterocycles. The fraction of sp³-hybridized carbons (Fsp3) is 0.846. The number of aliphatic carboxylic acids is 1. The largest absolute Gasteiger partial charge is 0.481 e. The molecule has 2 bridgehead atoms. The molecule has 106 valence electrons. The van der Waals surface area contributed by atoms with Crippen molar-refractivity contribution in [1.29, 1.82) is 0 Å². The summed E-state index contributed by atoms with van der Waals surface area (Å²) in [7, 11) is 0. The van der Waals surface area contributed by atoms with Crippen LogP contribution in [0.5, 0.6) is 0 Å². The Morgan fingerprint density at radius 2 is 1.74 bits per heavy atom. The van der Waals surface area contributed by atoms with Crippen LogP contribution >= 0.6 is 0 Å². The predicted octanol–water partition coefficient (Wildman–Crippen LogP) is 0.0967. The van der Waals surface area contributed by atoms with Crippen molar-refractivity contribution < 1.29 is 19.4 Å². The van der Waals surface area contributed by atoms with Gasteiger partial charge in [0.1, 0.15) is 0 Å². The number of hydrogen-bond donors (Lipinski definition) is 2. The van der Waals surface area contributed by atoms with Crippen LogP contribution in [0, 0.1) is 23.7 Å². The highest BCUT2D eigenvalue weighted by molar-refractivity contribution is 5.85. The lowest BCUT2D eigenvalue weighted by atomic mass is 9.79. The van der Waals surface area contributed by atoms with E-state index in [1.54, 1.807) is 0 Å². The van der Waals surface area contributed by atoms with Gasteiger partial charge in [-0.15, -0.1) is 0 Å². The Labute approximate surface area is 112 Å². The van der Waals surface area contributed by atoms with Gasteiger partial charge >= 0.3 is 5.97 Å². The van der Waals surface area contributed by atoms with Crippen LogP contribution in [0.25, 0.3) is 0 Å². The number of hydrogen-bond acceptors (Lipinski definition) is 4. The van der Waals surface area contributed by atoms with E-state index in [4.69, 9.17) is 4.74 Å². The summed E-state index contributed by atoms with van der Waals surface area (Å²) < 4.78 is 5.23. The van der Waals surface area contributed by atoms with Crippen molar-refractivity contribution in [2.24, 2.45) is 23.7 Å². The summed E-state index contributed by atoms with van der Waals surface area (Å²) in [5, 5.41) is 11.2. The van der Waals surface area contributed by atoms with Gasteiger partial charge in [0.05, 0.1) is 25.0 Å². The zero-order valence-electron chi connectivity index (χ0n) is 10.9. The zero-order valence-corrected chi connectivity index (χ0v) is 10.9. The molecule has 19 heavy (non-hydrogen) atoms. The molecule has 4 unspecified atom stereocenters. The SMILES string of the molecule is O=C(O)C1C2CCC(C2)C1C(=O)NN1CCOCC1. The Morgan fingerprint density at radius 3 is 2.37 bits per heavy atom. The van der Waals surface area contributed by atoms with Crippen LogP contribution in [-0.2, 0) is 14.3 Å². The molecule has 1 amide bonds. The average Bonchev–Trinajstić information content (AvgIpc) is 2.99. The Morgan fingerprint density at radius 1 is 1.11 bits per heavy atom. The fourth-order valence-electron chi connectivity index (χ4n) is 3.93. The molecule has 3 rings (SSSR count). The number of carboxylic acids is 1. The lowest BCUT2D eigenvalue weighted by Gasteiger charge is -2.32. The smallest absolute Gasteiger partial charge is 0.307 e. The van der Waals surface area contributed by atoms with Crippen LogP contribution in [0.15, 0.2) is 0 Å². The normalized spacial score (nSPS) is 38.3. The number of rotatable bonds is 3. The number of hydrazine groups is 1. The number of nitrogens with zero attached hydrogens (tertiary/aromatic N) is 1. The van der Waals surface area contributed by atoms with Crippen LogP contribution in [0.2, 0.25) is 0 Å². The van der Waals surface area contributed by atoms with Crippen LogP contribution in [0.4, 0.5) is 0 Å². The number of ether oxygens (including phenoxy) is 1. The number of morpholine rings is 1. The highest BCUT2D eigenvalue weighted by Crippen LogP contribution is 2.52. The van der Waals surface area contributed by atoms with E-state index in [-0.39, 0.29) is 23.7 Å². The second-order valence-corrected chi connectivity index (χ2v) is 5.80. The van der Waals surface area contributed by atoms with Crippen LogP contribution in [-0.4, -0.2) is 48.3 Å². The first-order chi connectivity index (χ1) is 9.16. The minimum absolute atomic E-state index is 0.110. The van der Waals surface area contributed by atoms with Crippen LogP contribution < -0.4 is 5.43 Å². The molecule has 2 aliphatic carbocycles. The molecule has 2 N–H and O–H groups in total. The van der Waals surface area contributed by atoms with E-state index >= 15 is 0 Å². The lowest BCUT2D eigenvalue weighted by molar-refractivity contribution is -0.151. The molecule has 3 fully saturated rings. The Balaban J connectivity index is 1.66. The van der Waals surface area contributed by atoms with E-state index in [0.29, 0.717) is 26.3 Å². The quantitative estimate of drug-likeness (QED) is 0.759. The molecular weight excluding hydrogens is 248 g/mol. The van der Waals surface area contributed by atoms with Crippen molar-refractivity contribution in [2.45, 2.75) is 19.3 Å². The molecule has 1 heterocycles. The summed E-state index contributed by atoms with van der Waals surface area (Å²) in [6.45, 7) is 2.56. The zero-order chi connectivity index (χ0) is 13.4. The molecule has 3 aliphatic rings. The topological polar surface area (TPSA) is 78.9 Å². The number of carbonyl (C=O) groups is 2. The molecule has 4 atom stereocenters. The molecule has 2 saturated carbocycles. The lowest BCUT2D eigenvalue weighted by Crippen LogP contribution is -2.52. The van der Waals surface area contributed by atoms with Crippen molar-refractivity contribution in [1.82, 2.24) is 10.4 Å². The van der Waals surface area contributed by atoms with Crippen molar-refractivity contribution >= 4 is 11.9 Å². The Hall–Kier alpha value is -1.14. The minimum Gasteiger partial charge on any atom is -0.481 e. The Bertz CT molecular complexity index is 381. The third kappa shape index (κ3) is 2.34. The van der Waals surface area contributed by atoms with E-state index < -0.39 is 11.9 Å². The predicted molar refractivity (Wildman–Crippen MR) is 66.0 cm³/mol. The molecule has 0 aromatic carbocycles. The van der Waals surface area contributed by atoms with Crippen molar-refractivity contribution in [2.75, 3.05) is 26.3 Å². The van der Waals surface area contributed by atoms with Gasteiger partial charge in [0.15, 0.2) is 0 Å². The maximum absolute atomic E-state index is 12.4. The van der Waals surface area contributed by atoms with Gasteiger partial charge < -0.3 is 9.84 Å². The molecule has 6 heteroatoms. The molecular formula is C13H20N2O4. The van der Waals surface area contributed by atoms with Gasteiger partial charge in [0.25, 0.3) is 0 Å². The number of amides is 1. The van der Waals surface area contributed by atoms with E-state index in [1.165, 1.54) is 0 Å². The first-order valence-corrected chi connectivity index (χ1v) is 7.03. The fourth-order valence-corrected chi connectivity index (χ4v) is 3.93. The van der Waals surface area contributed by atoms with Crippen molar-refractivity contribution in [3.8, 4) is 0 Å². The summed E-state index contributed by atoms with van der Waals surface area (Å²) in [5.74, 6) is -1.30. The van der Waals surface area contributed by atoms with Crippen molar-refractivity contribution in [3.05, 3.63) is 0 Å². The molecule has 6 nitrogen and oxygen atoms in total. The van der Waals surface area contributed by atoms with E-state index in [1.807, 2.05) is 5.01 Å². The standard InChI is InChI=1S/C13H20N2O4/c16-12(14-15-3-5-19-6-4-15)10-8-1-2-9(7-8)11(10)13(17)18/h8-11H,1-7H2,(H,14,16)(H,17,18). The maximum atomic E-state index is 12.4. The summed E-state index contributed by atoms with van der Waals surface area (Å²) in [5.41, 5.74) is 2.88. The van der Waals surface area contributed by atoms with Gasteiger partial charge in [-0.05, 0) is 31.1 Å². The first-order valence-electron chi connectivity index (χ1n) is 7.03. The number of carbonyl (C=O) groups excluding carboxylic acids is 1. The minimum atomic E-state index is -0.811. The van der Waals surface area contributed by atoms with E-state index in [0.717, 1.165) is 19.3 Å². The van der Waals surface area contributed by atoms with Crippen molar-refractivity contribution in [3.63, 3.8) is 0 Å². The van der Waals surface area contributed by atoms with Crippen LogP contribution in [0.1, 0.15) is 19.3 Å². The number of fused-ring (bicyclic) bond motifs is 2. The van der Waals surface area contributed by atoms with Crippen LogP contribution in [0.3, 0.4) is 0 Å². The molecule has 0 aromatic rings. The maximum Gasteiger partial charge on any atom is 0.307 e. The summed E-state index contributed by atoms with van der Waals surface area (Å²) >= 11 is 0. The van der Waals surface area contributed by atoms with E-state index in [2.05, 4.69) is 5.43 Å². The molecule has 0 radical (unpaired) electrons. The second-order valence-electron chi connectivity index (χ2n) is 5.80. The van der Waals surface area contributed by atoms with E-state index in [9.17, 15) is 14.7 Å².